The number of anilines is 1. The second-order valence-electron chi connectivity index (χ2n) is 6.39. The van der Waals surface area contributed by atoms with E-state index in [2.05, 4.69) is 17.1 Å². The van der Waals surface area contributed by atoms with Crippen molar-refractivity contribution >= 4 is 29.1 Å². The molecule has 2 fully saturated rings. The number of halogens is 2. The first-order valence-corrected chi connectivity index (χ1v) is 8.62. The molecular weight excluding hydrogens is 333 g/mol. The fraction of sp³-hybridized carbons (Fsp3) is 0.529. The second kappa shape index (κ2) is 6.69. The molecule has 1 aliphatic heterocycles. The minimum absolute atomic E-state index is 0.0559. The van der Waals surface area contributed by atoms with Crippen molar-refractivity contribution in [1.82, 2.24) is 9.80 Å². The van der Waals surface area contributed by atoms with Crippen molar-refractivity contribution in [3.8, 4) is 0 Å². The van der Waals surface area contributed by atoms with Crippen LogP contribution in [0.3, 0.4) is 0 Å². The fourth-order valence-electron chi connectivity index (χ4n) is 3.06. The van der Waals surface area contributed by atoms with Gasteiger partial charge in [0.2, 0.25) is 11.8 Å². The molecule has 5 nitrogen and oxygen atoms in total. The molecule has 2 amide bonds. The van der Waals surface area contributed by atoms with Gasteiger partial charge in [0.15, 0.2) is 0 Å². The average Bonchev–Trinajstić information content (AvgIpc) is 3.39. The highest BCUT2D eigenvalue weighted by Crippen LogP contribution is 2.48. The quantitative estimate of drug-likeness (QED) is 0.845. The molecule has 24 heavy (non-hydrogen) atoms. The standard InChI is InChI=1S/C17H21ClFN3O2/c1-2-21-7-9-22(10-8-21)16(24)17(5-6-17)15(23)20-12-3-4-14(19)13(18)11-12/h3-4,11H,2,5-10H2,1H3,(H,20,23). The van der Waals surface area contributed by atoms with Crippen molar-refractivity contribution in [3.63, 3.8) is 0 Å². The van der Waals surface area contributed by atoms with Crippen molar-refractivity contribution in [2.45, 2.75) is 19.8 Å². The zero-order valence-electron chi connectivity index (χ0n) is 13.6. The van der Waals surface area contributed by atoms with Gasteiger partial charge >= 0.3 is 0 Å². The Balaban J connectivity index is 1.65. The van der Waals surface area contributed by atoms with E-state index in [1.165, 1.54) is 18.2 Å². The molecule has 1 heterocycles. The highest BCUT2D eigenvalue weighted by atomic mass is 35.5. The Kier molecular flexibility index (Phi) is 4.78. The van der Waals surface area contributed by atoms with Crippen molar-refractivity contribution in [2.75, 3.05) is 38.0 Å². The molecule has 0 aromatic heterocycles. The first-order valence-electron chi connectivity index (χ1n) is 8.24. The largest absolute Gasteiger partial charge is 0.339 e. The van der Waals surface area contributed by atoms with Crippen molar-refractivity contribution in [3.05, 3.63) is 29.0 Å². The third kappa shape index (κ3) is 3.26. The molecule has 1 N–H and O–H groups in total. The van der Waals surface area contributed by atoms with Gasteiger partial charge in [-0.1, -0.05) is 18.5 Å². The maximum atomic E-state index is 13.2. The van der Waals surface area contributed by atoms with Gasteiger partial charge in [-0.25, -0.2) is 4.39 Å². The topological polar surface area (TPSA) is 52.7 Å². The lowest BCUT2D eigenvalue weighted by molar-refractivity contribution is -0.143. The number of carbonyl (C=O) groups excluding carboxylic acids is 2. The highest BCUT2D eigenvalue weighted by Gasteiger charge is 2.58. The van der Waals surface area contributed by atoms with E-state index in [1.807, 2.05) is 0 Å². The van der Waals surface area contributed by atoms with Crippen molar-refractivity contribution < 1.29 is 14.0 Å². The second-order valence-corrected chi connectivity index (χ2v) is 6.80. The number of nitrogens with zero attached hydrogens (tertiary/aromatic N) is 2. The van der Waals surface area contributed by atoms with Gasteiger partial charge in [0.05, 0.1) is 5.02 Å². The normalized spacial score (nSPS) is 19.9. The first kappa shape index (κ1) is 17.2. The van der Waals surface area contributed by atoms with Gasteiger partial charge < -0.3 is 15.1 Å². The van der Waals surface area contributed by atoms with Crippen LogP contribution in [0.2, 0.25) is 5.02 Å². The summed E-state index contributed by atoms with van der Waals surface area (Å²) in [6.45, 7) is 6.06. The molecule has 3 rings (SSSR count). The average molecular weight is 354 g/mol. The summed E-state index contributed by atoms with van der Waals surface area (Å²) < 4.78 is 13.2. The van der Waals surface area contributed by atoms with E-state index in [4.69, 9.17) is 11.6 Å². The van der Waals surface area contributed by atoms with Gasteiger partial charge in [0.1, 0.15) is 11.2 Å². The molecular formula is C17H21ClFN3O2. The zero-order valence-corrected chi connectivity index (χ0v) is 14.4. The van der Waals surface area contributed by atoms with Crippen LogP contribution in [0.25, 0.3) is 0 Å². The number of amides is 2. The lowest BCUT2D eigenvalue weighted by Gasteiger charge is -2.35. The van der Waals surface area contributed by atoms with E-state index in [0.717, 1.165) is 19.6 Å². The predicted octanol–water partition coefficient (Wildman–Crippen LogP) is 2.36. The van der Waals surface area contributed by atoms with Gasteiger partial charge in [-0.15, -0.1) is 0 Å². The number of piperazine rings is 1. The molecule has 1 aliphatic carbocycles. The molecule has 1 saturated heterocycles. The lowest BCUT2D eigenvalue weighted by atomic mass is 10.0. The Bertz CT molecular complexity index is 655. The smallest absolute Gasteiger partial charge is 0.240 e. The predicted molar refractivity (Wildman–Crippen MR) is 90.4 cm³/mol. The molecule has 0 spiro atoms. The molecule has 1 aromatic rings. The maximum absolute atomic E-state index is 13.2. The summed E-state index contributed by atoms with van der Waals surface area (Å²) >= 11 is 5.73. The van der Waals surface area contributed by atoms with Crippen LogP contribution in [-0.2, 0) is 9.59 Å². The van der Waals surface area contributed by atoms with Crippen LogP contribution in [0.5, 0.6) is 0 Å². The molecule has 0 atom stereocenters. The van der Waals surface area contributed by atoms with Crippen LogP contribution < -0.4 is 5.32 Å². The minimum Gasteiger partial charge on any atom is -0.339 e. The van der Waals surface area contributed by atoms with Crippen LogP contribution in [0.1, 0.15) is 19.8 Å². The summed E-state index contributed by atoms with van der Waals surface area (Å²) in [7, 11) is 0. The summed E-state index contributed by atoms with van der Waals surface area (Å²) in [5.41, 5.74) is -0.559. The molecule has 130 valence electrons. The summed E-state index contributed by atoms with van der Waals surface area (Å²) in [6, 6.07) is 4.00. The lowest BCUT2D eigenvalue weighted by Crippen LogP contribution is -2.52. The van der Waals surface area contributed by atoms with Gasteiger partial charge in [-0.3, -0.25) is 9.59 Å². The number of benzene rings is 1. The van der Waals surface area contributed by atoms with Gasteiger partial charge in [0, 0.05) is 31.9 Å². The Morgan fingerprint density at radius 2 is 1.92 bits per heavy atom. The number of hydrogen-bond donors (Lipinski definition) is 1. The van der Waals surface area contributed by atoms with Crippen LogP contribution in [0.4, 0.5) is 10.1 Å². The minimum atomic E-state index is -0.963. The number of likely N-dealkylation sites (N-methyl/N-ethyl adjacent to an activating group) is 1. The van der Waals surface area contributed by atoms with E-state index in [9.17, 15) is 14.0 Å². The van der Waals surface area contributed by atoms with Gasteiger partial charge in [0.25, 0.3) is 0 Å². The zero-order chi connectivity index (χ0) is 17.3. The van der Waals surface area contributed by atoms with Crippen LogP contribution in [0.15, 0.2) is 18.2 Å². The van der Waals surface area contributed by atoms with Gasteiger partial charge in [-0.2, -0.15) is 0 Å². The van der Waals surface area contributed by atoms with Crippen LogP contribution >= 0.6 is 11.6 Å². The maximum Gasteiger partial charge on any atom is 0.240 e. The van der Waals surface area contributed by atoms with E-state index in [0.29, 0.717) is 31.6 Å². The Morgan fingerprint density at radius 3 is 2.46 bits per heavy atom. The number of carbonyl (C=O) groups is 2. The molecule has 0 unspecified atom stereocenters. The third-order valence-electron chi connectivity index (χ3n) is 4.88. The summed E-state index contributed by atoms with van der Waals surface area (Å²) in [5, 5.41) is 2.65. The molecule has 1 aromatic carbocycles. The highest BCUT2D eigenvalue weighted by molar-refractivity contribution is 6.31. The molecule has 7 heteroatoms. The molecule has 1 saturated carbocycles. The SMILES string of the molecule is CCN1CCN(C(=O)C2(C(=O)Nc3ccc(F)c(Cl)c3)CC2)CC1. The summed E-state index contributed by atoms with van der Waals surface area (Å²) in [6.07, 6.45) is 1.11. The summed E-state index contributed by atoms with van der Waals surface area (Å²) in [4.78, 5) is 29.5. The number of rotatable bonds is 4. The molecule has 0 radical (unpaired) electrons. The van der Waals surface area contributed by atoms with Crippen molar-refractivity contribution in [2.24, 2.45) is 5.41 Å². The fourth-order valence-corrected chi connectivity index (χ4v) is 3.24. The van der Waals surface area contributed by atoms with E-state index >= 15 is 0 Å². The summed E-state index contributed by atoms with van der Waals surface area (Å²) in [5.74, 6) is -0.960. The van der Waals surface area contributed by atoms with E-state index in [-0.39, 0.29) is 16.8 Å². The van der Waals surface area contributed by atoms with Crippen LogP contribution in [0, 0.1) is 11.2 Å². The Labute approximate surface area is 145 Å². The van der Waals surface area contributed by atoms with E-state index < -0.39 is 11.2 Å². The molecule has 0 bridgehead atoms. The Morgan fingerprint density at radius 1 is 1.25 bits per heavy atom. The Hall–Kier alpha value is -1.66. The first-order chi connectivity index (χ1) is 11.5. The molecule has 2 aliphatic rings. The number of hydrogen-bond acceptors (Lipinski definition) is 3. The van der Waals surface area contributed by atoms with Crippen LogP contribution in [-0.4, -0.2) is 54.3 Å². The third-order valence-corrected chi connectivity index (χ3v) is 5.17. The monoisotopic (exact) mass is 353 g/mol. The van der Waals surface area contributed by atoms with Crippen molar-refractivity contribution in [1.29, 1.82) is 0 Å². The van der Waals surface area contributed by atoms with E-state index in [1.54, 1.807) is 4.90 Å². The number of nitrogens with one attached hydrogen (secondary N) is 1. The van der Waals surface area contributed by atoms with Gasteiger partial charge in [-0.05, 0) is 37.6 Å².